The Morgan fingerprint density at radius 1 is 1.19 bits per heavy atom. The second kappa shape index (κ2) is 4.92. The third kappa shape index (κ3) is 2.51. The van der Waals surface area contributed by atoms with Crippen molar-refractivity contribution in [2.75, 3.05) is 5.32 Å². The minimum Gasteiger partial charge on any atom is -0.478 e. The first-order valence-corrected chi connectivity index (χ1v) is 7.15. The van der Waals surface area contributed by atoms with Crippen molar-refractivity contribution in [3.63, 3.8) is 0 Å². The van der Waals surface area contributed by atoms with Crippen LogP contribution in [0.15, 0.2) is 48.5 Å². The number of aromatic carboxylic acids is 1. The summed E-state index contributed by atoms with van der Waals surface area (Å²) >= 11 is 0. The molecule has 0 bridgehead atoms. The third-order valence-electron chi connectivity index (χ3n) is 4.21. The summed E-state index contributed by atoms with van der Waals surface area (Å²) in [6, 6.07) is 15.7. The van der Waals surface area contributed by atoms with Gasteiger partial charge in [0.15, 0.2) is 0 Å². The van der Waals surface area contributed by atoms with Gasteiger partial charge in [-0.05, 0) is 41.2 Å². The second-order valence-electron chi connectivity index (χ2n) is 6.33. The lowest BCUT2D eigenvalue weighted by Crippen LogP contribution is -2.24. The van der Waals surface area contributed by atoms with Gasteiger partial charge >= 0.3 is 5.97 Å². The lowest BCUT2D eigenvalue weighted by atomic mass is 9.85. The molecule has 2 aromatic carbocycles. The van der Waals surface area contributed by atoms with E-state index in [1.54, 1.807) is 18.2 Å². The standard InChI is InChI=1S/C18H19NO2/c1-18(2)11-13-6-3-4-9-15(13)16(18)19-14-8-5-7-12(10-14)17(20)21/h3-10,16,19H,11H2,1-2H3,(H,20,21). The van der Waals surface area contributed by atoms with Crippen LogP contribution in [0.3, 0.4) is 0 Å². The van der Waals surface area contributed by atoms with Gasteiger partial charge in [0.1, 0.15) is 0 Å². The maximum atomic E-state index is 11.1. The molecule has 1 atom stereocenters. The number of fused-ring (bicyclic) bond motifs is 1. The van der Waals surface area contributed by atoms with Crippen molar-refractivity contribution >= 4 is 11.7 Å². The second-order valence-corrected chi connectivity index (χ2v) is 6.33. The van der Waals surface area contributed by atoms with Crippen LogP contribution in [-0.2, 0) is 6.42 Å². The fraction of sp³-hybridized carbons (Fsp3) is 0.278. The molecule has 1 aliphatic carbocycles. The number of nitrogens with one attached hydrogen (secondary N) is 1. The predicted octanol–water partition coefficient (Wildman–Crippen LogP) is 4.12. The molecule has 0 saturated heterocycles. The molecule has 3 heteroatoms. The summed E-state index contributed by atoms with van der Waals surface area (Å²) in [4.78, 5) is 11.1. The van der Waals surface area contributed by atoms with Gasteiger partial charge in [-0.25, -0.2) is 4.79 Å². The summed E-state index contributed by atoms with van der Waals surface area (Å²) in [5.74, 6) is -0.898. The Kier molecular flexibility index (Phi) is 3.20. The van der Waals surface area contributed by atoms with Crippen LogP contribution in [0.2, 0.25) is 0 Å². The van der Waals surface area contributed by atoms with Crippen molar-refractivity contribution in [2.24, 2.45) is 5.41 Å². The number of carboxylic acids is 1. The zero-order chi connectivity index (χ0) is 15.0. The Labute approximate surface area is 124 Å². The molecule has 0 spiro atoms. The molecule has 3 nitrogen and oxygen atoms in total. The highest BCUT2D eigenvalue weighted by Crippen LogP contribution is 2.46. The van der Waals surface area contributed by atoms with Crippen LogP contribution in [0, 0.1) is 5.41 Å². The molecule has 0 amide bonds. The van der Waals surface area contributed by atoms with Crippen LogP contribution in [0.5, 0.6) is 0 Å². The van der Waals surface area contributed by atoms with Crippen LogP contribution in [0.25, 0.3) is 0 Å². The Balaban J connectivity index is 1.94. The van der Waals surface area contributed by atoms with Crippen LogP contribution < -0.4 is 5.32 Å². The van der Waals surface area contributed by atoms with E-state index in [-0.39, 0.29) is 11.5 Å². The van der Waals surface area contributed by atoms with E-state index >= 15 is 0 Å². The average molecular weight is 281 g/mol. The normalized spacial score (nSPS) is 19.0. The maximum absolute atomic E-state index is 11.1. The predicted molar refractivity (Wildman–Crippen MR) is 83.7 cm³/mol. The van der Waals surface area contributed by atoms with Crippen LogP contribution in [-0.4, -0.2) is 11.1 Å². The number of anilines is 1. The number of benzene rings is 2. The van der Waals surface area contributed by atoms with Gasteiger partial charge < -0.3 is 10.4 Å². The maximum Gasteiger partial charge on any atom is 0.335 e. The molecule has 0 saturated carbocycles. The van der Waals surface area contributed by atoms with Crippen molar-refractivity contribution in [3.8, 4) is 0 Å². The topological polar surface area (TPSA) is 49.3 Å². The molecule has 0 fully saturated rings. The molecule has 2 N–H and O–H groups in total. The van der Waals surface area contributed by atoms with Gasteiger partial charge in [-0.2, -0.15) is 0 Å². The van der Waals surface area contributed by atoms with Crippen LogP contribution in [0.4, 0.5) is 5.69 Å². The van der Waals surface area contributed by atoms with Gasteiger partial charge in [-0.15, -0.1) is 0 Å². The summed E-state index contributed by atoms with van der Waals surface area (Å²) in [7, 11) is 0. The van der Waals surface area contributed by atoms with Crippen LogP contribution >= 0.6 is 0 Å². The third-order valence-corrected chi connectivity index (χ3v) is 4.21. The Hall–Kier alpha value is -2.29. The molecule has 108 valence electrons. The molecular weight excluding hydrogens is 262 g/mol. The lowest BCUT2D eigenvalue weighted by Gasteiger charge is -2.29. The van der Waals surface area contributed by atoms with Gasteiger partial charge in [0, 0.05) is 5.69 Å². The van der Waals surface area contributed by atoms with Gasteiger partial charge in [-0.1, -0.05) is 44.2 Å². The molecule has 21 heavy (non-hydrogen) atoms. The molecule has 0 aliphatic heterocycles. The van der Waals surface area contributed by atoms with Gasteiger partial charge in [0.2, 0.25) is 0 Å². The monoisotopic (exact) mass is 281 g/mol. The van der Waals surface area contributed by atoms with Gasteiger partial charge in [0.25, 0.3) is 0 Å². The van der Waals surface area contributed by atoms with E-state index in [2.05, 4.69) is 43.4 Å². The van der Waals surface area contributed by atoms with E-state index < -0.39 is 5.97 Å². The molecule has 0 heterocycles. The summed E-state index contributed by atoms with van der Waals surface area (Å²) in [6.45, 7) is 4.48. The fourth-order valence-corrected chi connectivity index (χ4v) is 3.17. The highest BCUT2D eigenvalue weighted by molar-refractivity contribution is 5.88. The SMILES string of the molecule is CC1(C)Cc2ccccc2C1Nc1cccc(C(=O)O)c1. The first-order chi connectivity index (χ1) is 9.97. The summed E-state index contributed by atoms with van der Waals surface area (Å²) < 4.78 is 0. The molecule has 3 rings (SSSR count). The summed E-state index contributed by atoms with van der Waals surface area (Å²) in [5.41, 5.74) is 3.94. The van der Waals surface area contributed by atoms with Crippen molar-refractivity contribution < 1.29 is 9.90 Å². The van der Waals surface area contributed by atoms with Crippen molar-refractivity contribution in [2.45, 2.75) is 26.3 Å². The number of carbonyl (C=O) groups is 1. The lowest BCUT2D eigenvalue weighted by molar-refractivity contribution is 0.0697. The zero-order valence-corrected chi connectivity index (χ0v) is 12.3. The van der Waals surface area contributed by atoms with E-state index in [1.165, 1.54) is 11.1 Å². The van der Waals surface area contributed by atoms with E-state index in [4.69, 9.17) is 5.11 Å². The van der Waals surface area contributed by atoms with E-state index in [0.29, 0.717) is 5.56 Å². The first kappa shape index (κ1) is 13.7. The quantitative estimate of drug-likeness (QED) is 0.889. The Bertz CT molecular complexity index is 691. The van der Waals surface area contributed by atoms with E-state index in [1.807, 2.05) is 6.07 Å². The largest absolute Gasteiger partial charge is 0.478 e. The summed E-state index contributed by atoms with van der Waals surface area (Å²) in [6.07, 6.45) is 1.03. The van der Waals surface area contributed by atoms with E-state index in [9.17, 15) is 4.79 Å². The smallest absolute Gasteiger partial charge is 0.335 e. The minimum absolute atomic E-state index is 0.100. The van der Waals surface area contributed by atoms with Crippen molar-refractivity contribution in [1.29, 1.82) is 0 Å². The van der Waals surface area contributed by atoms with E-state index in [0.717, 1.165) is 12.1 Å². The Morgan fingerprint density at radius 3 is 2.71 bits per heavy atom. The highest BCUT2D eigenvalue weighted by atomic mass is 16.4. The minimum atomic E-state index is -0.898. The van der Waals surface area contributed by atoms with Crippen molar-refractivity contribution in [3.05, 3.63) is 65.2 Å². The zero-order valence-electron chi connectivity index (χ0n) is 12.3. The molecule has 0 aromatic heterocycles. The van der Waals surface area contributed by atoms with Crippen LogP contribution in [0.1, 0.15) is 41.4 Å². The molecule has 1 aliphatic rings. The van der Waals surface area contributed by atoms with Crippen molar-refractivity contribution in [1.82, 2.24) is 0 Å². The van der Waals surface area contributed by atoms with Gasteiger partial charge in [-0.3, -0.25) is 0 Å². The van der Waals surface area contributed by atoms with Gasteiger partial charge in [0.05, 0.1) is 11.6 Å². The highest BCUT2D eigenvalue weighted by Gasteiger charge is 2.38. The average Bonchev–Trinajstić information content (AvgIpc) is 2.70. The molecule has 1 unspecified atom stereocenters. The molecule has 2 aromatic rings. The fourth-order valence-electron chi connectivity index (χ4n) is 3.17. The Morgan fingerprint density at radius 2 is 1.95 bits per heavy atom. The number of carboxylic acid groups (broad SMARTS) is 1. The molecular formula is C18H19NO2. The summed E-state index contributed by atoms with van der Waals surface area (Å²) in [5, 5.41) is 12.6. The number of rotatable bonds is 3. The molecule has 0 radical (unpaired) electrons. The number of hydrogen-bond donors (Lipinski definition) is 2. The number of hydrogen-bond acceptors (Lipinski definition) is 2. The first-order valence-electron chi connectivity index (χ1n) is 7.15.